The van der Waals surface area contributed by atoms with Crippen molar-refractivity contribution in [3.8, 4) is 0 Å². The molecule has 1 fully saturated rings. The van der Waals surface area contributed by atoms with Crippen molar-refractivity contribution in [1.82, 2.24) is 10.3 Å². The Kier molecular flexibility index (Phi) is 4.87. The zero-order chi connectivity index (χ0) is 12.8. The molecule has 2 heterocycles. The van der Waals surface area contributed by atoms with Crippen LogP contribution in [0.25, 0.3) is 0 Å². The third kappa shape index (κ3) is 3.63. The van der Waals surface area contributed by atoms with E-state index in [-0.39, 0.29) is 5.91 Å². The van der Waals surface area contributed by atoms with E-state index in [2.05, 4.69) is 15.6 Å². The number of carbonyl (C=O) groups is 1. The lowest BCUT2D eigenvalue weighted by Gasteiger charge is -2.22. The quantitative estimate of drug-likeness (QED) is 0.876. The highest BCUT2D eigenvalue weighted by molar-refractivity contribution is 7.99. The van der Waals surface area contributed by atoms with Crippen molar-refractivity contribution in [2.45, 2.75) is 25.8 Å². The number of pyridine rings is 1. The van der Waals surface area contributed by atoms with Crippen molar-refractivity contribution >= 4 is 23.4 Å². The standard InChI is InChI=1S/C13H19N3OS/c1-2-14-10-5-6-12(15-8-10)13(17)16-11-4-3-7-18-9-11/h5-6,8,11,14H,2-4,7,9H2,1H3,(H,16,17). The van der Waals surface area contributed by atoms with Crippen molar-refractivity contribution in [2.24, 2.45) is 0 Å². The fourth-order valence-electron chi connectivity index (χ4n) is 1.95. The van der Waals surface area contributed by atoms with Gasteiger partial charge in [0.15, 0.2) is 0 Å². The Labute approximate surface area is 112 Å². The lowest BCUT2D eigenvalue weighted by Crippen LogP contribution is -2.38. The van der Waals surface area contributed by atoms with E-state index in [1.807, 2.05) is 24.8 Å². The molecule has 0 bridgehead atoms. The van der Waals surface area contributed by atoms with Gasteiger partial charge in [-0.1, -0.05) is 0 Å². The van der Waals surface area contributed by atoms with Crippen molar-refractivity contribution in [1.29, 1.82) is 0 Å². The molecule has 5 heteroatoms. The summed E-state index contributed by atoms with van der Waals surface area (Å²) in [6, 6.07) is 3.95. The van der Waals surface area contributed by atoms with Crippen molar-refractivity contribution in [3.63, 3.8) is 0 Å². The van der Waals surface area contributed by atoms with Gasteiger partial charge >= 0.3 is 0 Å². The summed E-state index contributed by atoms with van der Waals surface area (Å²) in [6.45, 7) is 2.88. The van der Waals surface area contributed by atoms with Gasteiger partial charge in [-0.15, -0.1) is 0 Å². The first-order chi connectivity index (χ1) is 8.79. The number of aromatic nitrogens is 1. The SMILES string of the molecule is CCNc1ccc(C(=O)NC2CCCSC2)nc1. The van der Waals surface area contributed by atoms with Gasteiger partial charge in [0.2, 0.25) is 0 Å². The Morgan fingerprint density at radius 1 is 1.56 bits per heavy atom. The number of amides is 1. The minimum atomic E-state index is -0.0643. The van der Waals surface area contributed by atoms with Gasteiger partial charge < -0.3 is 10.6 Å². The molecule has 1 saturated heterocycles. The van der Waals surface area contributed by atoms with Crippen LogP contribution in [-0.2, 0) is 0 Å². The van der Waals surface area contributed by atoms with Gasteiger partial charge in [0.25, 0.3) is 5.91 Å². The maximum atomic E-state index is 12.0. The summed E-state index contributed by atoms with van der Waals surface area (Å²) in [5.41, 5.74) is 1.44. The maximum absolute atomic E-state index is 12.0. The summed E-state index contributed by atoms with van der Waals surface area (Å²) >= 11 is 1.90. The van der Waals surface area contributed by atoms with E-state index in [1.54, 1.807) is 12.3 Å². The molecule has 18 heavy (non-hydrogen) atoms. The van der Waals surface area contributed by atoms with Crippen molar-refractivity contribution in [3.05, 3.63) is 24.0 Å². The lowest BCUT2D eigenvalue weighted by molar-refractivity contribution is 0.0933. The first-order valence-corrected chi connectivity index (χ1v) is 7.53. The van der Waals surface area contributed by atoms with Crippen LogP contribution in [0, 0.1) is 0 Å². The average molecular weight is 265 g/mol. The molecule has 1 atom stereocenters. The van der Waals surface area contributed by atoms with Crippen LogP contribution in [0.4, 0.5) is 5.69 Å². The van der Waals surface area contributed by atoms with Gasteiger partial charge in [-0.2, -0.15) is 11.8 Å². The smallest absolute Gasteiger partial charge is 0.270 e. The number of carbonyl (C=O) groups excluding carboxylic acids is 1. The first kappa shape index (κ1) is 13.2. The highest BCUT2D eigenvalue weighted by atomic mass is 32.2. The monoisotopic (exact) mass is 265 g/mol. The van der Waals surface area contributed by atoms with Gasteiger partial charge in [-0.3, -0.25) is 4.79 Å². The maximum Gasteiger partial charge on any atom is 0.270 e. The van der Waals surface area contributed by atoms with E-state index in [9.17, 15) is 4.79 Å². The molecule has 0 aromatic carbocycles. The van der Waals surface area contributed by atoms with Gasteiger partial charge in [-0.25, -0.2) is 4.98 Å². The predicted molar refractivity (Wildman–Crippen MR) is 76.2 cm³/mol. The number of hydrogen-bond donors (Lipinski definition) is 2. The van der Waals surface area contributed by atoms with Crippen molar-refractivity contribution < 1.29 is 4.79 Å². The number of nitrogens with zero attached hydrogens (tertiary/aromatic N) is 1. The molecule has 1 unspecified atom stereocenters. The van der Waals surface area contributed by atoms with Gasteiger partial charge in [-0.05, 0) is 37.7 Å². The zero-order valence-corrected chi connectivity index (χ0v) is 11.4. The third-order valence-electron chi connectivity index (χ3n) is 2.87. The molecule has 98 valence electrons. The molecular weight excluding hydrogens is 246 g/mol. The van der Waals surface area contributed by atoms with Crippen LogP contribution in [0.15, 0.2) is 18.3 Å². The second-order valence-corrected chi connectivity index (χ2v) is 5.50. The predicted octanol–water partition coefficient (Wildman–Crippen LogP) is 2.14. The molecule has 1 aromatic rings. The van der Waals surface area contributed by atoms with Crippen LogP contribution in [0.1, 0.15) is 30.3 Å². The first-order valence-electron chi connectivity index (χ1n) is 6.38. The molecule has 1 amide bonds. The van der Waals surface area contributed by atoms with Gasteiger partial charge in [0.05, 0.1) is 11.9 Å². The van der Waals surface area contributed by atoms with Crippen LogP contribution in [0.3, 0.4) is 0 Å². The summed E-state index contributed by atoms with van der Waals surface area (Å²) < 4.78 is 0. The molecule has 0 aliphatic carbocycles. The summed E-state index contributed by atoms with van der Waals surface area (Å²) in [5.74, 6) is 2.16. The van der Waals surface area contributed by atoms with E-state index < -0.39 is 0 Å². The molecule has 2 N–H and O–H groups in total. The minimum Gasteiger partial charge on any atom is -0.384 e. The second kappa shape index (κ2) is 6.64. The number of nitrogens with one attached hydrogen (secondary N) is 2. The van der Waals surface area contributed by atoms with Crippen LogP contribution in [-0.4, -0.2) is 35.0 Å². The van der Waals surface area contributed by atoms with Crippen LogP contribution in [0.2, 0.25) is 0 Å². The summed E-state index contributed by atoms with van der Waals surface area (Å²) in [6.07, 6.45) is 3.96. The molecule has 1 aliphatic rings. The summed E-state index contributed by atoms with van der Waals surface area (Å²) in [5, 5.41) is 6.20. The van der Waals surface area contributed by atoms with E-state index in [4.69, 9.17) is 0 Å². The number of hydrogen-bond acceptors (Lipinski definition) is 4. The topological polar surface area (TPSA) is 54.0 Å². The van der Waals surface area contributed by atoms with Gasteiger partial charge in [0.1, 0.15) is 5.69 Å². The Morgan fingerprint density at radius 2 is 2.44 bits per heavy atom. The molecule has 1 aliphatic heterocycles. The van der Waals surface area contributed by atoms with Crippen molar-refractivity contribution in [2.75, 3.05) is 23.4 Å². The molecule has 0 saturated carbocycles. The molecule has 4 nitrogen and oxygen atoms in total. The fourth-order valence-corrected chi connectivity index (χ4v) is 3.02. The molecule has 0 radical (unpaired) electrons. The van der Waals surface area contributed by atoms with Crippen LogP contribution >= 0.6 is 11.8 Å². The normalized spacial score (nSPS) is 19.3. The summed E-state index contributed by atoms with van der Waals surface area (Å²) in [7, 11) is 0. The molecule has 1 aromatic heterocycles. The number of anilines is 1. The second-order valence-electron chi connectivity index (χ2n) is 4.35. The average Bonchev–Trinajstić information content (AvgIpc) is 2.41. The fraction of sp³-hybridized carbons (Fsp3) is 0.538. The largest absolute Gasteiger partial charge is 0.384 e. The van der Waals surface area contributed by atoms with Crippen LogP contribution in [0.5, 0.6) is 0 Å². The minimum absolute atomic E-state index is 0.0643. The highest BCUT2D eigenvalue weighted by Crippen LogP contribution is 2.17. The number of thioether (sulfide) groups is 1. The van der Waals surface area contributed by atoms with Gasteiger partial charge in [0, 0.05) is 18.3 Å². The highest BCUT2D eigenvalue weighted by Gasteiger charge is 2.17. The Balaban J connectivity index is 1.91. The molecule has 2 rings (SSSR count). The zero-order valence-electron chi connectivity index (χ0n) is 10.6. The van der Waals surface area contributed by atoms with Crippen LogP contribution < -0.4 is 10.6 Å². The molecular formula is C13H19N3OS. The Hall–Kier alpha value is -1.23. The summed E-state index contributed by atoms with van der Waals surface area (Å²) in [4.78, 5) is 16.2. The number of rotatable bonds is 4. The Bertz CT molecular complexity index is 388. The van der Waals surface area contributed by atoms with E-state index in [0.29, 0.717) is 11.7 Å². The Morgan fingerprint density at radius 3 is 3.06 bits per heavy atom. The van der Waals surface area contributed by atoms with E-state index in [0.717, 1.165) is 24.4 Å². The van der Waals surface area contributed by atoms with E-state index in [1.165, 1.54) is 12.2 Å². The van der Waals surface area contributed by atoms with E-state index >= 15 is 0 Å². The third-order valence-corrected chi connectivity index (χ3v) is 4.09. The lowest BCUT2D eigenvalue weighted by atomic mass is 10.2. The molecule has 0 spiro atoms.